The first kappa shape index (κ1) is 7.94. The molecule has 1 heterocycles. The van der Waals surface area contributed by atoms with E-state index in [0.29, 0.717) is 13.0 Å². The number of halogens is 1. The van der Waals surface area contributed by atoms with Crippen LogP contribution in [-0.4, -0.2) is 22.6 Å². The molecule has 0 aromatic carbocycles. The Morgan fingerprint density at radius 3 is 2.70 bits per heavy atom. The van der Waals surface area contributed by atoms with Crippen LogP contribution in [0.2, 0.25) is 0 Å². The number of nitro groups is 1. The Kier molecular flexibility index (Phi) is 2.25. The maximum atomic E-state index is 10.4. The highest BCUT2D eigenvalue weighted by molar-refractivity contribution is 9.10. The first-order valence-electron chi connectivity index (χ1n) is 3.06. The minimum Gasteiger partial charge on any atom is -0.373 e. The lowest BCUT2D eigenvalue weighted by molar-refractivity contribution is -0.544. The van der Waals surface area contributed by atoms with Gasteiger partial charge in [-0.05, 0) is 6.42 Å². The molecule has 0 bridgehead atoms. The first-order valence-corrected chi connectivity index (χ1v) is 3.86. The summed E-state index contributed by atoms with van der Waals surface area (Å²) in [7, 11) is 0. The van der Waals surface area contributed by atoms with Crippen molar-refractivity contribution in [3.8, 4) is 0 Å². The quantitative estimate of drug-likeness (QED) is 0.282. The van der Waals surface area contributed by atoms with E-state index in [1.54, 1.807) is 0 Å². The van der Waals surface area contributed by atoms with Gasteiger partial charge in [0.1, 0.15) is 6.61 Å². The summed E-state index contributed by atoms with van der Waals surface area (Å²) in [6.07, 6.45) is 1.31. The van der Waals surface area contributed by atoms with Crippen LogP contribution in [0.15, 0.2) is 0 Å². The molecule has 1 aliphatic heterocycles. The summed E-state index contributed by atoms with van der Waals surface area (Å²) in [5.74, 6) is 0. The average Bonchev–Trinajstić information content (AvgIpc) is 1.89. The van der Waals surface area contributed by atoms with Gasteiger partial charge in [-0.25, -0.2) is 0 Å². The van der Waals surface area contributed by atoms with E-state index >= 15 is 0 Å². The van der Waals surface area contributed by atoms with Crippen molar-refractivity contribution in [3.63, 3.8) is 0 Å². The van der Waals surface area contributed by atoms with Crippen molar-refractivity contribution >= 4 is 15.9 Å². The minimum absolute atomic E-state index is 0.181. The highest BCUT2D eigenvalue weighted by atomic mass is 79.9. The van der Waals surface area contributed by atoms with Gasteiger partial charge < -0.3 is 4.74 Å². The highest BCUT2D eigenvalue weighted by Crippen LogP contribution is 2.28. The molecular weight excluding hydrogens is 202 g/mol. The summed E-state index contributed by atoms with van der Waals surface area (Å²) >= 11 is 3.04. The largest absolute Gasteiger partial charge is 0.373 e. The van der Waals surface area contributed by atoms with Crippen molar-refractivity contribution in [3.05, 3.63) is 10.1 Å². The van der Waals surface area contributed by atoms with Crippen molar-refractivity contribution < 1.29 is 9.66 Å². The van der Waals surface area contributed by atoms with Crippen LogP contribution in [0.3, 0.4) is 0 Å². The number of hydrogen-bond acceptors (Lipinski definition) is 3. The van der Waals surface area contributed by atoms with E-state index in [1.807, 2.05) is 0 Å². The van der Waals surface area contributed by atoms with Gasteiger partial charge in [0.25, 0.3) is 4.45 Å². The van der Waals surface area contributed by atoms with Crippen LogP contribution in [0.1, 0.15) is 12.8 Å². The molecule has 1 atom stereocenters. The van der Waals surface area contributed by atoms with Gasteiger partial charge in [-0.3, -0.25) is 10.1 Å². The number of hydrogen-bond donors (Lipinski definition) is 0. The Balaban J connectivity index is 2.56. The van der Waals surface area contributed by atoms with Gasteiger partial charge in [0.05, 0.1) is 0 Å². The first-order chi connectivity index (χ1) is 4.65. The normalized spacial score (nSPS) is 33.7. The van der Waals surface area contributed by atoms with E-state index in [1.165, 1.54) is 0 Å². The van der Waals surface area contributed by atoms with E-state index in [4.69, 9.17) is 4.74 Å². The Morgan fingerprint density at radius 1 is 1.70 bits per heavy atom. The lowest BCUT2D eigenvalue weighted by atomic mass is 10.1. The topological polar surface area (TPSA) is 52.4 Å². The van der Waals surface area contributed by atoms with E-state index in [2.05, 4.69) is 15.9 Å². The lowest BCUT2D eigenvalue weighted by Gasteiger charge is -2.22. The SMILES string of the molecule is O=[N+]([O-])C1(Br)CCCOC1. The standard InChI is InChI=1S/C5H8BrNO3/c6-5(7(8)9)2-1-3-10-4-5/h1-4H2. The average molecular weight is 210 g/mol. The molecule has 10 heavy (non-hydrogen) atoms. The molecular formula is C5H8BrNO3. The third-order valence-corrected chi connectivity index (χ3v) is 2.41. The highest BCUT2D eigenvalue weighted by Gasteiger charge is 2.41. The molecule has 1 rings (SSSR count). The van der Waals surface area contributed by atoms with Gasteiger partial charge >= 0.3 is 0 Å². The van der Waals surface area contributed by atoms with E-state index < -0.39 is 4.45 Å². The van der Waals surface area contributed by atoms with Gasteiger partial charge in [0.2, 0.25) is 0 Å². The van der Waals surface area contributed by atoms with E-state index in [-0.39, 0.29) is 11.5 Å². The van der Waals surface area contributed by atoms with Crippen LogP contribution in [-0.2, 0) is 4.74 Å². The molecule has 0 aromatic heterocycles. The fourth-order valence-corrected chi connectivity index (χ4v) is 1.33. The van der Waals surface area contributed by atoms with Crippen LogP contribution in [0.4, 0.5) is 0 Å². The van der Waals surface area contributed by atoms with Crippen LogP contribution in [0, 0.1) is 10.1 Å². The van der Waals surface area contributed by atoms with Gasteiger partial charge in [-0.15, -0.1) is 0 Å². The molecule has 5 heteroatoms. The van der Waals surface area contributed by atoms with Crippen molar-refractivity contribution in [2.75, 3.05) is 13.2 Å². The number of alkyl halides is 1. The number of ether oxygens (including phenoxy) is 1. The molecule has 0 spiro atoms. The zero-order valence-electron chi connectivity index (χ0n) is 5.38. The summed E-state index contributed by atoms with van der Waals surface area (Å²) in [5, 5.41) is 10.4. The number of nitrogens with zero attached hydrogens (tertiary/aromatic N) is 1. The fraction of sp³-hybridized carbons (Fsp3) is 1.00. The Bertz CT molecular complexity index is 144. The van der Waals surface area contributed by atoms with Crippen molar-refractivity contribution in [1.82, 2.24) is 0 Å². The van der Waals surface area contributed by atoms with Gasteiger partial charge in [-0.2, -0.15) is 0 Å². The molecule has 0 amide bonds. The molecule has 0 radical (unpaired) electrons. The van der Waals surface area contributed by atoms with Gasteiger partial charge in [0, 0.05) is 33.9 Å². The van der Waals surface area contributed by atoms with Crippen molar-refractivity contribution in [2.24, 2.45) is 0 Å². The van der Waals surface area contributed by atoms with Crippen molar-refractivity contribution in [2.45, 2.75) is 17.3 Å². The summed E-state index contributed by atoms with van der Waals surface area (Å²) in [4.78, 5) is 10.0. The summed E-state index contributed by atoms with van der Waals surface area (Å²) in [5.41, 5.74) is 0. The lowest BCUT2D eigenvalue weighted by Crippen LogP contribution is -2.39. The molecule has 0 aromatic rings. The maximum Gasteiger partial charge on any atom is 0.297 e. The van der Waals surface area contributed by atoms with Gasteiger partial charge in [-0.1, -0.05) is 0 Å². The van der Waals surface area contributed by atoms with Crippen molar-refractivity contribution in [1.29, 1.82) is 0 Å². The minimum atomic E-state index is -1.01. The zero-order valence-corrected chi connectivity index (χ0v) is 6.96. The van der Waals surface area contributed by atoms with Crippen LogP contribution in [0.5, 0.6) is 0 Å². The second-order valence-electron chi connectivity index (χ2n) is 2.33. The molecule has 1 unspecified atom stereocenters. The van der Waals surface area contributed by atoms with Crippen LogP contribution in [0.25, 0.3) is 0 Å². The molecule has 1 saturated heterocycles. The van der Waals surface area contributed by atoms with Gasteiger partial charge in [0.15, 0.2) is 0 Å². The third kappa shape index (κ3) is 1.46. The summed E-state index contributed by atoms with van der Waals surface area (Å²) < 4.78 is 3.95. The molecule has 0 N–H and O–H groups in total. The van der Waals surface area contributed by atoms with Crippen LogP contribution >= 0.6 is 15.9 Å². The van der Waals surface area contributed by atoms with Crippen LogP contribution < -0.4 is 0 Å². The Labute approximate surface area is 66.8 Å². The third-order valence-electron chi connectivity index (χ3n) is 1.50. The molecule has 4 nitrogen and oxygen atoms in total. The van der Waals surface area contributed by atoms with E-state index in [9.17, 15) is 10.1 Å². The second-order valence-corrected chi connectivity index (χ2v) is 3.81. The molecule has 1 aliphatic rings. The van der Waals surface area contributed by atoms with E-state index in [0.717, 1.165) is 6.42 Å². The smallest absolute Gasteiger partial charge is 0.297 e. The predicted octanol–water partition coefficient (Wildman–Crippen LogP) is 1.16. The molecule has 0 aliphatic carbocycles. The fourth-order valence-electron chi connectivity index (χ4n) is 0.890. The summed E-state index contributed by atoms with van der Waals surface area (Å²) in [6.45, 7) is 0.821. The number of rotatable bonds is 1. The molecule has 1 fully saturated rings. The second kappa shape index (κ2) is 2.84. The molecule has 0 saturated carbocycles. The Morgan fingerprint density at radius 2 is 2.40 bits per heavy atom. The monoisotopic (exact) mass is 209 g/mol. The predicted molar refractivity (Wildman–Crippen MR) is 38.7 cm³/mol. The molecule has 58 valence electrons. The maximum absolute atomic E-state index is 10.4. The zero-order chi connectivity index (χ0) is 7.61. The summed E-state index contributed by atoms with van der Waals surface area (Å²) in [6, 6.07) is 0. The Hall–Kier alpha value is -0.160.